The fourth-order valence-electron chi connectivity index (χ4n) is 2.90. The van der Waals surface area contributed by atoms with Gasteiger partial charge in [-0.1, -0.05) is 39.0 Å². The van der Waals surface area contributed by atoms with Crippen LogP contribution < -0.4 is 0 Å². The summed E-state index contributed by atoms with van der Waals surface area (Å²) in [6, 6.07) is 5.46. The van der Waals surface area contributed by atoms with Crippen LogP contribution in [0.5, 0.6) is 0 Å². The SMILES string of the molecule is C=C[C@H](O[Si](C)(C)C(C)(C)C)[C@H]([C@H](O)CO)N1C(=O)c2ccccc2C1=O. The van der Waals surface area contributed by atoms with Crippen molar-refractivity contribution in [3.8, 4) is 0 Å². The van der Waals surface area contributed by atoms with Gasteiger partial charge < -0.3 is 14.6 Å². The number of imide groups is 1. The smallest absolute Gasteiger partial charge is 0.262 e. The summed E-state index contributed by atoms with van der Waals surface area (Å²) in [4.78, 5) is 26.8. The molecule has 1 aromatic rings. The summed E-state index contributed by atoms with van der Waals surface area (Å²) in [6.07, 6.45) is -0.650. The van der Waals surface area contributed by atoms with Crippen molar-refractivity contribution in [3.05, 3.63) is 48.0 Å². The van der Waals surface area contributed by atoms with Crippen LogP contribution in [0.2, 0.25) is 18.1 Å². The lowest BCUT2D eigenvalue weighted by molar-refractivity contribution is -0.0158. The van der Waals surface area contributed by atoms with Gasteiger partial charge in [0.15, 0.2) is 8.32 Å². The fourth-order valence-corrected chi connectivity index (χ4v) is 4.17. The van der Waals surface area contributed by atoms with Gasteiger partial charge in [0.25, 0.3) is 11.8 Å². The number of carbonyl (C=O) groups excluding carboxylic acids is 2. The molecule has 0 unspecified atom stereocenters. The van der Waals surface area contributed by atoms with Crippen molar-refractivity contribution in [1.82, 2.24) is 4.90 Å². The molecule has 1 aliphatic rings. The fraction of sp³-hybridized carbons (Fsp3) is 0.500. The lowest BCUT2D eigenvalue weighted by Gasteiger charge is -2.43. The summed E-state index contributed by atoms with van der Waals surface area (Å²) in [5, 5.41) is 19.9. The second-order valence-corrected chi connectivity index (χ2v) is 13.1. The third kappa shape index (κ3) is 3.91. The number of fused-ring (bicyclic) bond motifs is 1. The number of benzene rings is 1. The van der Waals surface area contributed by atoms with E-state index in [1.807, 2.05) is 13.1 Å². The van der Waals surface area contributed by atoms with Gasteiger partial charge in [0.05, 0.1) is 29.9 Å². The third-order valence-electron chi connectivity index (χ3n) is 5.51. The van der Waals surface area contributed by atoms with E-state index in [4.69, 9.17) is 4.43 Å². The van der Waals surface area contributed by atoms with E-state index in [9.17, 15) is 19.8 Å². The van der Waals surface area contributed by atoms with Crippen LogP contribution in [0.25, 0.3) is 0 Å². The van der Waals surface area contributed by atoms with E-state index < -0.39 is 45.0 Å². The molecule has 0 radical (unpaired) electrons. The highest BCUT2D eigenvalue weighted by molar-refractivity contribution is 6.74. The van der Waals surface area contributed by atoms with Crippen molar-refractivity contribution in [2.45, 2.75) is 57.2 Å². The minimum atomic E-state index is -2.30. The van der Waals surface area contributed by atoms with E-state index >= 15 is 0 Å². The molecule has 7 heteroatoms. The molecular formula is C20H29NO5Si. The minimum Gasteiger partial charge on any atom is -0.408 e. The lowest BCUT2D eigenvalue weighted by atomic mass is 10.0. The topological polar surface area (TPSA) is 87.1 Å². The summed E-state index contributed by atoms with van der Waals surface area (Å²) >= 11 is 0. The first-order chi connectivity index (χ1) is 12.5. The average Bonchev–Trinajstić information content (AvgIpc) is 2.85. The van der Waals surface area contributed by atoms with Crippen LogP contribution in [0.15, 0.2) is 36.9 Å². The van der Waals surface area contributed by atoms with Gasteiger partial charge >= 0.3 is 0 Å². The maximum Gasteiger partial charge on any atom is 0.262 e. The maximum absolute atomic E-state index is 12.9. The second kappa shape index (κ2) is 7.67. The molecule has 1 heterocycles. The molecule has 27 heavy (non-hydrogen) atoms. The number of rotatable bonds is 7. The first kappa shape index (κ1) is 21.5. The van der Waals surface area contributed by atoms with Crippen molar-refractivity contribution >= 4 is 20.1 Å². The zero-order valence-electron chi connectivity index (χ0n) is 16.6. The van der Waals surface area contributed by atoms with Gasteiger partial charge in [-0.15, -0.1) is 6.58 Å². The van der Waals surface area contributed by atoms with E-state index in [2.05, 4.69) is 27.4 Å². The van der Waals surface area contributed by atoms with Gasteiger partial charge in [0, 0.05) is 0 Å². The van der Waals surface area contributed by atoms with Gasteiger partial charge in [0.1, 0.15) is 6.10 Å². The van der Waals surface area contributed by atoms with Gasteiger partial charge in [0.2, 0.25) is 0 Å². The molecule has 0 fully saturated rings. The maximum atomic E-state index is 12.9. The van der Waals surface area contributed by atoms with Crippen molar-refractivity contribution in [3.63, 3.8) is 0 Å². The molecule has 2 amide bonds. The zero-order valence-corrected chi connectivity index (χ0v) is 17.6. The molecule has 1 aromatic carbocycles. The van der Waals surface area contributed by atoms with Gasteiger partial charge in [-0.3, -0.25) is 14.5 Å². The molecule has 148 valence electrons. The first-order valence-corrected chi connectivity index (χ1v) is 11.9. The number of amides is 2. The largest absolute Gasteiger partial charge is 0.408 e. The van der Waals surface area contributed by atoms with Gasteiger partial charge in [-0.25, -0.2) is 0 Å². The van der Waals surface area contributed by atoms with Gasteiger partial charge in [-0.05, 0) is 30.3 Å². The van der Waals surface area contributed by atoms with Crippen molar-refractivity contribution in [2.24, 2.45) is 0 Å². The van der Waals surface area contributed by atoms with E-state index in [0.717, 1.165) is 4.90 Å². The van der Waals surface area contributed by atoms with Crippen LogP contribution in [0.1, 0.15) is 41.5 Å². The molecule has 0 aromatic heterocycles. The number of aliphatic hydroxyl groups is 2. The highest BCUT2D eigenvalue weighted by Gasteiger charge is 2.48. The van der Waals surface area contributed by atoms with Gasteiger partial charge in [-0.2, -0.15) is 0 Å². The Hall–Kier alpha value is -1.80. The molecule has 3 atom stereocenters. The number of aliphatic hydroxyl groups excluding tert-OH is 2. The van der Waals surface area contributed by atoms with Crippen molar-refractivity contribution in [2.75, 3.05) is 6.61 Å². The highest BCUT2D eigenvalue weighted by Crippen LogP contribution is 2.39. The molecular weight excluding hydrogens is 362 g/mol. The highest BCUT2D eigenvalue weighted by atomic mass is 28.4. The number of hydrogen-bond acceptors (Lipinski definition) is 5. The molecule has 0 saturated heterocycles. The Balaban J connectivity index is 2.45. The molecule has 1 aliphatic heterocycles. The molecule has 0 saturated carbocycles. The Kier molecular flexibility index (Phi) is 6.11. The summed E-state index contributed by atoms with van der Waals surface area (Å²) in [5.41, 5.74) is 0.570. The monoisotopic (exact) mass is 391 g/mol. The Labute approximate surface area is 161 Å². The van der Waals surface area contributed by atoms with Crippen LogP contribution in [0.4, 0.5) is 0 Å². The van der Waals surface area contributed by atoms with E-state index in [-0.39, 0.29) is 16.2 Å². The Bertz CT molecular complexity index is 705. The first-order valence-electron chi connectivity index (χ1n) is 9.02. The molecule has 0 bridgehead atoms. The molecule has 0 spiro atoms. The van der Waals surface area contributed by atoms with Crippen LogP contribution >= 0.6 is 0 Å². The Morgan fingerprint density at radius 2 is 1.67 bits per heavy atom. The number of hydrogen-bond donors (Lipinski definition) is 2. The summed E-state index contributed by atoms with van der Waals surface area (Å²) in [7, 11) is -2.30. The molecule has 6 nitrogen and oxygen atoms in total. The van der Waals surface area contributed by atoms with E-state index in [1.165, 1.54) is 6.08 Å². The normalized spacial score (nSPS) is 18.3. The van der Waals surface area contributed by atoms with Crippen LogP contribution in [-0.4, -0.2) is 60.1 Å². The zero-order chi connectivity index (χ0) is 20.6. The Morgan fingerprint density at radius 1 is 1.19 bits per heavy atom. The average molecular weight is 392 g/mol. The van der Waals surface area contributed by atoms with Crippen molar-refractivity contribution < 1.29 is 24.2 Å². The summed E-state index contributed by atoms with van der Waals surface area (Å²) in [5.74, 6) is -1.00. The van der Waals surface area contributed by atoms with E-state index in [0.29, 0.717) is 0 Å². The number of nitrogens with zero attached hydrogens (tertiary/aromatic N) is 1. The van der Waals surface area contributed by atoms with Crippen LogP contribution in [0.3, 0.4) is 0 Å². The number of carbonyl (C=O) groups is 2. The Morgan fingerprint density at radius 3 is 2.04 bits per heavy atom. The summed E-state index contributed by atoms with van der Waals surface area (Å²) < 4.78 is 6.35. The molecule has 2 rings (SSSR count). The third-order valence-corrected chi connectivity index (χ3v) is 9.98. The molecule has 0 aliphatic carbocycles. The van der Waals surface area contributed by atoms with Crippen molar-refractivity contribution in [1.29, 1.82) is 0 Å². The predicted octanol–water partition coefficient (Wildman–Crippen LogP) is 2.58. The predicted molar refractivity (Wildman–Crippen MR) is 106 cm³/mol. The minimum absolute atomic E-state index is 0.120. The van der Waals surface area contributed by atoms with Crippen LogP contribution in [0, 0.1) is 0 Å². The summed E-state index contributed by atoms with van der Waals surface area (Å²) in [6.45, 7) is 13.5. The lowest BCUT2D eigenvalue weighted by Crippen LogP contribution is -2.58. The van der Waals surface area contributed by atoms with E-state index in [1.54, 1.807) is 24.3 Å². The quantitative estimate of drug-likeness (QED) is 0.424. The second-order valence-electron chi connectivity index (χ2n) is 8.34. The standard InChI is InChI=1S/C20H29NO5Si/c1-7-16(26-27(5,6)20(2,3)4)17(15(23)12-22)21-18(24)13-10-8-9-11-14(13)19(21)25/h7-11,15-17,22-23H,1,12H2,2-6H3/t15-,16+,17+/m1/s1. The molecule has 2 N–H and O–H groups in total. The van der Waals surface area contributed by atoms with Crippen LogP contribution in [-0.2, 0) is 4.43 Å².